The highest BCUT2D eigenvalue weighted by molar-refractivity contribution is 7.16. The Balaban J connectivity index is 1.49. The molecule has 2 aromatic heterocycles. The number of nitrogens with one attached hydrogen (secondary N) is 1. The van der Waals surface area contributed by atoms with Crippen LogP contribution in [0, 0.1) is 0 Å². The Bertz CT molecular complexity index is 914. The molecule has 0 fully saturated rings. The molecular formula is C21H19NO3S2. The van der Waals surface area contributed by atoms with E-state index in [1.807, 2.05) is 60.0 Å². The lowest BCUT2D eigenvalue weighted by Gasteiger charge is -2.11. The molecular weight excluding hydrogens is 378 g/mol. The van der Waals surface area contributed by atoms with Crippen molar-refractivity contribution in [1.82, 2.24) is 5.32 Å². The Morgan fingerprint density at radius 3 is 2.67 bits per heavy atom. The van der Waals surface area contributed by atoms with Crippen molar-refractivity contribution in [1.29, 1.82) is 0 Å². The second-order valence-corrected chi connectivity index (χ2v) is 7.93. The molecule has 27 heavy (non-hydrogen) atoms. The Kier molecular flexibility index (Phi) is 6.57. The molecule has 0 saturated heterocycles. The van der Waals surface area contributed by atoms with Gasteiger partial charge in [0.2, 0.25) is 0 Å². The second-order valence-electron chi connectivity index (χ2n) is 5.78. The van der Waals surface area contributed by atoms with Crippen LogP contribution in [0.25, 0.3) is 16.5 Å². The number of amides is 1. The summed E-state index contributed by atoms with van der Waals surface area (Å²) in [6.45, 7) is 2.00. The van der Waals surface area contributed by atoms with Crippen molar-refractivity contribution >= 4 is 40.6 Å². The van der Waals surface area contributed by atoms with Gasteiger partial charge in [-0.1, -0.05) is 36.4 Å². The van der Waals surface area contributed by atoms with Crippen LogP contribution >= 0.6 is 22.7 Å². The third kappa shape index (κ3) is 5.64. The molecule has 1 N–H and O–H groups in total. The molecule has 2 heterocycles. The van der Waals surface area contributed by atoms with E-state index in [0.717, 1.165) is 20.2 Å². The molecule has 0 saturated carbocycles. The van der Waals surface area contributed by atoms with E-state index >= 15 is 0 Å². The summed E-state index contributed by atoms with van der Waals surface area (Å²) in [5, 5.41) is 4.71. The Morgan fingerprint density at radius 2 is 1.93 bits per heavy atom. The van der Waals surface area contributed by atoms with E-state index in [2.05, 4.69) is 5.32 Å². The lowest BCUT2D eigenvalue weighted by atomic mass is 10.2. The molecule has 0 aliphatic carbocycles. The molecule has 138 valence electrons. The van der Waals surface area contributed by atoms with Crippen LogP contribution in [0.1, 0.15) is 16.7 Å². The molecule has 1 amide bonds. The van der Waals surface area contributed by atoms with Crippen molar-refractivity contribution in [3.8, 4) is 10.4 Å². The van der Waals surface area contributed by atoms with Gasteiger partial charge in [-0.15, -0.1) is 22.7 Å². The second kappa shape index (κ2) is 9.30. The van der Waals surface area contributed by atoms with Gasteiger partial charge < -0.3 is 10.1 Å². The van der Waals surface area contributed by atoms with Gasteiger partial charge >= 0.3 is 5.97 Å². The number of carbonyl (C=O) groups is 2. The van der Waals surface area contributed by atoms with E-state index in [1.54, 1.807) is 35.7 Å². The number of rotatable bonds is 7. The smallest absolute Gasteiger partial charge is 0.331 e. The van der Waals surface area contributed by atoms with E-state index in [-0.39, 0.29) is 5.91 Å². The molecule has 3 aromatic rings. The number of benzene rings is 1. The fourth-order valence-corrected chi connectivity index (χ4v) is 3.91. The maximum atomic E-state index is 12.0. The first-order valence-electron chi connectivity index (χ1n) is 8.46. The minimum atomic E-state index is -0.842. The van der Waals surface area contributed by atoms with Crippen molar-refractivity contribution in [2.24, 2.45) is 0 Å². The molecule has 1 aromatic carbocycles. The maximum absolute atomic E-state index is 12.0. The van der Waals surface area contributed by atoms with Crippen LogP contribution in [0.5, 0.6) is 0 Å². The van der Waals surface area contributed by atoms with E-state index in [0.29, 0.717) is 6.54 Å². The lowest BCUT2D eigenvalue weighted by molar-refractivity contribution is -0.150. The van der Waals surface area contributed by atoms with E-state index in [1.165, 1.54) is 6.08 Å². The van der Waals surface area contributed by atoms with Gasteiger partial charge in [-0.2, -0.15) is 0 Å². The average Bonchev–Trinajstić information content (AvgIpc) is 3.37. The predicted octanol–water partition coefficient (Wildman–Crippen LogP) is 4.74. The lowest BCUT2D eigenvalue weighted by Crippen LogP contribution is -2.34. The van der Waals surface area contributed by atoms with Crippen LogP contribution in [0.4, 0.5) is 0 Å². The number of hydrogen-bond acceptors (Lipinski definition) is 5. The van der Waals surface area contributed by atoms with Crippen LogP contribution in [-0.4, -0.2) is 18.0 Å². The monoisotopic (exact) mass is 397 g/mol. The highest BCUT2D eigenvalue weighted by atomic mass is 32.1. The summed E-state index contributed by atoms with van der Waals surface area (Å²) in [6, 6.07) is 17.9. The van der Waals surface area contributed by atoms with E-state index in [4.69, 9.17) is 4.74 Å². The Hall–Kier alpha value is -2.70. The van der Waals surface area contributed by atoms with Crippen molar-refractivity contribution < 1.29 is 14.3 Å². The van der Waals surface area contributed by atoms with Crippen LogP contribution in [0.3, 0.4) is 0 Å². The Morgan fingerprint density at radius 1 is 1.11 bits per heavy atom. The molecule has 1 unspecified atom stereocenters. The quantitative estimate of drug-likeness (QED) is 0.463. The summed E-state index contributed by atoms with van der Waals surface area (Å²) in [5.74, 6) is -0.851. The van der Waals surface area contributed by atoms with Gasteiger partial charge in [0.1, 0.15) is 0 Å². The van der Waals surface area contributed by atoms with Crippen LogP contribution in [-0.2, 0) is 20.9 Å². The van der Waals surface area contributed by atoms with Crippen molar-refractivity contribution in [2.45, 2.75) is 19.6 Å². The first kappa shape index (κ1) is 19.1. The average molecular weight is 398 g/mol. The molecule has 3 rings (SSSR count). The van der Waals surface area contributed by atoms with Gasteiger partial charge in [-0.25, -0.2) is 4.79 Å². The summed E-state index contributed by atoms with van der Waals surface area (Å²) >= 11 is 3.15. The third-order valence-corrected chi connectivity index (χ3v) is 5.72. The molecule has 1 atom stereocenters. The zero-order valence-electron chi connectivity index (χ0n) is 14.8. The van der Waals surface area contributed by atoms with Gasteiger partial charge in [-0.3, -0.25) is 4.79 Å². The van der Waals surface area contributed by atoms with Crippen LogP contribution in [0.15, 0.2) is 66.1 Å². The first-order chi connectivity index (χ1) is 13.1. The van der Waals surface area contributed by atoms with Crippen molar-refractivity contribution in [3.05, 3.63) is 75.8 Å². The molecule has 0 aliphatic rings. The first-order valence-corrected chi connectivity index (χ1v) is 10.2. The number of carbonyl (C=O) groups excluding carboxylic acids is 2. The number of hydrogen-bond donors (Lipinski definition) is 1. The van der Waals surface area contributed by atoms with Gasteiger partial charge in [0.15, 0.2) is 6.10 Å². The topological polar surface area (TPSA) is 55.4 Å². The molecule has 0 spiro atoms. The van der Waals surface area contributed by atoms with E-state index < -0.39 is 12.1 Å². The highest BCUT2D eigenvalue weighted by Crippen LogP contribution is 2.28. The fraction of sp³-hybridized carbons (Fsp3) is 0.143. The molecule has 6 heteroatoms. The predicted molar refractivity (Wildman–Crippen MR) is 111 cm³/mol. The van der Waals surface area contributed by atoms with Gasteiger partial charge in [0.05, 0.1) is 6.54 Å². The molecule has 4 nitrogen and oxygen atoms in total. The minimum Gasteiger partial charge on any atom is -0.449 e. The summed E-state index contributed by atoms with van der Waals surface area (Å²) < 4.78 is 5.17. The summed E-state index contributed by atoms with van der Waals surface area (Å²) in [4.78, 5) is 27.1. The summed E-state index contributed by atoms with van der Waals surface area (Å²) in [7, 11) is 0. The largest absolute Gasteiger partial charge is 0.449 e. The number of thiophene rings is 2. The fourth-order valence-electron chi connectivity index (χ4n) is 2.35. The zero-order valence-corrected chi connectivity index (χ0v) is 16.4. The molecule has 0 aliphatic heterocycles. The zero-order chi connectivity index (χ0) is 19.1. The number of esters is 1. The van der Waals surface area contributed by atoms with Crippen molar-refractivity contribution in [2.75, 3.05) is 0 Å². The summed E-state index contributed by atoms with van der Waals surface area (Å²) in [5.41, 5.74) is 1.14. The van der Waals surface area contributed by atoms with Gasteiger partial charge in [0.25, 0.3) is 5.91 Å². The highest BCUT2D eigenvalue weighted by Gasteiger charge is 2.16. The standard InChI is InChI=1S/C21H19NO3S2/c1-15(21(24)22-14-18-8-5-13-26-18)25-20(23)12-10-17-9-11-19(27-17)16-6-3-2-4-7-16/h2-13,15H,14H2,1H3,(H,22,24)/b12-10+. The SMILES string of the molecule is CC(OC(=O)/C=C/c1ccc(-c2ccccc2)s1)C(=O)NCc1cccs1. The number of ether oxygens (including phenoxy) is 1. The molecule has 0 radical (unpaired) electrons. The Labute approximate surface area is 166 Å². The maximum Gasteiger partial charge on any atom is 0.331 e. The molecule has 0 bridgehead atoms. The van der Waals surface area contributed by atoms with Gasteiger partial charge in [-0.05, 0) is 42.1 Å². The normalized spacial score (nSPS) is 12.0. The summed E-state index contributed by atoms with van der Waals surface area (Å²) in [6.07, 6.45) is 2.21. The minimum absolute atomic E-state index is 0.312. The van der Waals surface area contributed by atoms with Crippen LogP contribution in [0.2, 0.25) is 0 Å². The third-order valence-electron chi connectivity index (χ3n) is 3.75. The van der Waals surface area contributed by atoms with Crippen LogP contribution < -0.4 is 5.32 Å². The van der Waals surface area contributed by atoms with E-state index in [9.17, 15) is 9.59 Å². The van der Waals surface area contributed by atoms with Gasteiger partial charge in [0, 0.05) is 20.7 Å². The van der Waals surface area contributed by atoms with Crippen molar-refractivity contribution in [3.63, 3.8) is 0 Å².